The van der Waals surface area contributed by atoms with Crippen molar-refractivity contribution in [1.82, 2.24) is 10.2 Å². The maximum atomic E-state index is 13.0. The van der Waals surface area contributed by atoms with E-state index in [0.717, 1.165) is 12.8 Å². The van der Waals surface area contributed by atoms with E-state index in [2.05, 4.69) is 5.32 Å². The van der Waals surface area contributed by atoms with Gasteiger partial charge in [-0.15, -0.1) is 0 Å². The zero-order valence-electron chi connectivity index (χ0n) is 14.9. The number of hydrogen-bond acceptors (Lipinski definition) is 3. The van der Waals surface area contributed by atoms with Gasteiger partial charge in [0.1, 0.15) is 11.9 Å². The molecule has 26 heavy (non-hydrogen) atoms. The number of aliphatic carboxylic acids is 1. The van der Waals surface area contributed by atoms with Gasteiger partial charge in [-0.2, -0.15) is 0 Å². The van der Waals surface area contributed by atoms with Gasteiger partial charge in [-0.05, 0) is 43.5 Å². The van der Waals surface area contributed by atoms with E-state index < -0.39 is 23.7 Å². The number of likely N-dealkylation sites (tertiary alicyclic amines) is 1. The van der Waals surface area contributed by atoms with Crippen molar-refractivity contribution < 1.29 is 23.9 Å². The maximum Gasteiger partial charge on any atom is 0.326 e. The number of carbonyl (C=O) groups is 3. The lowest BCUT2D eigenvalue weighted by Crippen LogP contribution is -2.49. The fraction of sp³-hybridized carbons (Fsp3) is 0.526. The monoisotopic (exact) mass is 364 g/mol. The van der Waals surface area contributed by atoms with Crippen LogP contribution in [-0.4, -0.2) is 46.9 Å². The minimum Gasteiger partial charge on any atom is -0.480 e. The molecule has 0 spiro atoms. The summed E-state index contributed by atoms with van der Waals surface area (Å²) >= 11 is 0. The molecular weight excluding hydrogens is 339 g/mol. The molecule has 1 aromatic carbocycles. The number of amides is 2. The molecule has 0 saturated carbocycles. The van der Waals surface area contributed by atoms with Crippen LogP contribution < -0.4 is 5.32 Å². The zero-order valence-corrected chi connectivity index (χ0v) is 14.9. The molecule has 0 bridgehead atoms. The highest BCUT2D eigenvalue weighted by Gasteiger charge is 2.31. The van der Waals surface area contributed by atoms with Gasteiger partial charge in [0.05, 0.1) is 5.92 Å². The number of unbranched alkanes of at least 4 members (excludes halogenated alkanes) is 1. The molecule has 1 heterocycles. The molecular formula is C19H25FN2O4. The predicted molar refractivity (Wildman–Crippen MR) is 94.1 cm³/mol. The lowest BCUT2D eigenvalue weighted by Gasteiger charge is -2.32. The summed E-state index contributed by atoms with van der Waals surface area (Å²) < 4.78 is 13.0. The molecule has 1 aliphatic rings. The summed E-state index contributed by atoms with van der Waals surface area (Å²) in [7, 11) is 0. The van der Waals surface area contributed by atoms with Gasteiger partial charge >= 0.3 is 5.97 Å². The van der Waals surface area contributed by atoms with E-state index in [0.29, 0.717) is 31.4 Å². The van der Waals surface area contributed by atoms with Crippen molar-refractivity contribution in [2.24, 2.45) is 5.92 Å². The van der Waals surface area contributed by atoms with Crippen molar-refractivity contribution in [3.8, 4) is 0 Å². The van der Waals surface area contributed by atoms with Crippen molar-refractivity contribution in [1.29, 1.82) is 0 Å². The zero-order chi connectivity index (χ0) is 19.1. The van der Waals surface area contributed by atoms with E-state index in [9.17, 15) is 23.9 Å². The van der Waals surface area contributed by atoms with Gasteiger partial charge in [0, 0.05) is 18.7 Å². The van der Waals surface area contributed by atoms with Gasteiger partial charge in [-0.1, -0.05) is 19.8 Å². The number of nitrogens with one attached hydrogen (secondary N) is 1. The van der Waals surface area contributed by atoms with E-state index in [1.807, 2.05) is 6.92 Å². The Morgan fingerprint density at radius 3 is 2.62 bits per heavy atom. The highest BCUT2D eigenvalue weighted by Crippen LogP contribution is 2.19. The highest BCUT2D eigenvalue weighted by molar-refractivity contribution is 5.94. The van der Waals surface area contributed by atoms with Gasteiger partial charge in [0.25, 0.3) is 5.91 Å². The van der Waals surface area contributed by atoms with Gasteiger partial charge in [0.15, 0.2) is 0 Å². The van der Waals surface area contributed by atoms with E-state index in [1.54, 1.807) is 4.90 Å². The van der Waals surface area contributed by atoms with Crippen molar-refractivity contribution in [2.75, 3.05) is 13.1 Å². The van der Waals surface area contributed by atoms with Crippen LogP contribution in [0.3, 0.4) is 0 Å². The SMILES string of the molecule is CCCCC(NC(=O)C1CCCN(C(=O)c2ccc(F)cc2)C1)C(=O)O. The minimum atomic E-state index is -1.04. The Bertz CT molecular complexity index is 647. The van der Waals surface area contributed by atoms with E-state index in [4.69, 9.17) is 0 Å². The molecule has 0 aromatic heterocycles. The van der Waals surface area contributed by atoms with Crippen molar-refractivity contribution in [2.45, 2.75) is 45.1 Å². The van der Waals surface area contributed by atoms with Crippen LogP contribution in [-0.2, 0) is 9.59 Å². The molecule has 2 amide bonds. The average Bonchev–Trinajstić information content (AvgIpc) is 2.64. The van der Waals surface area contributed by atoms with Crippen LogP contribution in [0, 0.1) is 11.7 Å². The van der Waals surface area contributed by atoms with Crippen LogP contribution in [0.5, 0.6) is 0 Å². The molecule has 2 unspecified atom stereocenters. The highest BCUT2D eigenvalue weighted by atomic mass is 19.1. The van der Waals surface area contributed by atoms with Gasteiger partial charge in [0.2, 0.25) is 5.91 Å². The second-order valence-corrected chi connectivity index (χ2v) is 6.64. The third kappa shape index (κ3) is 5.28. The van der Waals surface area contributed by atoms with E-state index >= 15 is 0 Å². The van der Waals surface area contributed by atoms with Crippen LogP contribution >= 0.6 is 0 Å². The molecule has 1 fully saturated rings. The quantitative estimate of drug-likeness (QED) is 0.778. The second-order valence-electron chi connectivity index (χ2n) is 6.64. The molecule has 6 nitrogen and oxygen atoms in total. The van der Waals surface area contributed by atoms with Crippen LogP contribution in [0.1, 0.15) is 49.4 Å². The topological polar surface area (TPSA) is 86.7 Å². The summed E-state index contributed by atoms with van der Waals surface area (Å²) in [5, 5.41) is 11.9. The van der Waals surface area contributed by atoms with Gasteiger partial charge in [-0.25, -0.2) is 9.18 Å². The molecule has 7 heteroatoms. The number of nitrogens with zero attached hydrogens (tertiary/aromatic N) is 1. The Morgan fingerprint density at radius 2 is 2.00 bits per heavy atom. The number of carbonyl (C=O) groups excluding carboxylic acids is 2. The summed E-state index contributed by atoms with van der Waals surface area (Å²) in [6, 6.07) is 4.41. The molecule has 1 saturated heterocycles. The molecule has 2 rings (SSSR count). The minimum absolute atomic E-state index is 0.238. The fourth-order valence-corrected chi connectivity index (χ4v) is 3.11. The van der Waals surface area contributed by atoms with E-state index in [-0.39, 0.29) is 18.4 Å². The number of carboxylic acids is 1. The summed E-state index contributed by atoms with van der Waals surface area (Å²) in [5.74, 6) is -2.46. The Morgan fingerprint density at radius 1 is 1.31 bits per heavy atom. The third-order valence-corrected chi connectivity index (χ3v) is 4.63. The molecule has 0 radical (unpaired) electrons. The van der Waals surface area contributed by atoms with Crippen molar-refractivity contribution >= 4 is 17.8 Å². The lowest BCUT2D eigenvalue weighted by atomic mass is 9.95. The Balaban J connectivity index is 1.97. The number of benzene rings is 1. The number of rotatable bonds is 7. The first-order valence-electron chi connectivity index (χ1n) is 9.00. The van der Waals surface area contributed by atoms with Crippen LogP contribution in [0.2, 0.25) is 0 Å². The molecule has 2 N–H and O–H groups in total. The Labute approximate surface area is 152 Å². The van der Waals surface area contributed by atoms with Crippen molar-refractivity contribution in [3.05, 3.63) is 35.6 Å². The van der Waals surface area contributed by atoms with Gasteiger partial charge in [-0.3, -0.25) is 9.59 Å². The molecule has 142 valence electrons. The second kappa shape index (κ2) is 9.31. The third-order valence-electron chi connectivity index (χ3n) is 4.63. The first kappa shape index (κ1) is 19.9. The van der Waals surface area contributed by atoms with E-state index in [1.165, 1.54) is 24.3 Å². The number of piperidine rings is 1. The van der Waals surface area contributed by atoms with Gasteiger partial charge < -0.3 is 15.3 Å². The van der Waals surface area contributed by atoms with Crippen molar-refractivity contribution in [3.63, 3.8) is 0 Å². The summed E-state index contributed by atoms with van der Waals surface area (Å²) in [6.07, 6.45) is 3.24. The molecule has 2 atom stereocenters. The summed E-state index contributed by atoms with van der Waals surface area (Å²) in [4.78, 5) is 37.9. The largest absolute Gasteiger partial charge is 0.480 e. The smallest absolute Gasteiger partial charge is 0.326 e. The summed E-state index contributed by atoms with van der Waals surface area (Å²) in [5.41, 5.74) is 0.374. The number of halogens is 1. The molecule has 1 aromatic rings. The standard InChI is InChI=1S/C19H25FN2O4/c1-2-3-6-16(19(25)26)21-17(23)14-5-4-11-22(12-14)18(24)13-7-9-15(20)10-8-13/h7-10,14,16H,2-6,11-12H2,1H3,(H,21,23)(H,25,26). The predicted octanol–water partition coefficient (Wildman–Crippen LogP) is 2.44. The fourth-order valence-electron chi connectivity index (χ4n) is 3.11. The normalized spacial score (nSPS) is 18.2. The maximum absolute atomic E-state index is 13.0. The lowest BCUT2D eigenvalue weighted by molar-refractivity contribution is -0.143. The summed E-state index contributed by atoms with van der Waals surface area (Å²) in [6.45, 7) is 2.72. The Kier molecular flexibility index (Phi) is 7.12. The number of hydrogen-bond donors (Lipinski definition) is 2. The number of carboxylic acid groups (broad SMARTS) is 1. The first-order chi connectivity index (χ1) is 12.4. The van der Waals surface area contributed by atoms with Crippen LogP contribution in [0.25, 0.3) is 0 Å². The molecule has 1 aliphatic heterocycles. The Hall–Kier alpha value is -2.44. The average molecular weight is 364 g/mol. The van der Waals surface area contributed by atoms with Crippen LogP contribution in [0.4, 0.5) is 4.39 Å². The van der Waals surface area contributed by atoms with Crippen LogP contribution in [0.15, 0.2) is 24.3 Å². The molecule has 0 aliphatic carbocycles. The first-order valence-corrected chi connectivity index (χ1v) is 9.00.